The van der Waals surface area contributed by atoms with Crippen LogP contribution in [0.1, 0.15) is 53.2 Å². The van der Waals surface area contributed by atoms with Crippen molar-refractivity contribution in [1.29, 1.82) is 0 Å². The summed E-state index contributed by atoms with van der Waals surface area (Å²) < 4.78 is 8.40. The molecule has 0 unspecified atom stereocenters. The Morgan fingerprint density at radius 3 is 2.36 bits per heavy atom. The van der Waals surface area contributed by atoms with Crippen LogP contribution in [0.5, 0.6) is 0 Å². The Kier molecular flexibility index (Phi) is 7.24. The molecule has 5 heteroatoms. The van der Waals surface area contributed by atoms with E-state index in [4.69, 9.17) is 4.74 Å². The van der Waals surface area contributed by atoms with Crippen LogP contribution in [0.15, 0.2) is 12.5 Å². The Hall–Kier alpha value is -1.36. The largest absolute Gasteiger partial charge is 0.465 e. The van der Waals surface area contributed by atoms with E-state index in [1.165, 1.54) is 5.69 Å². The Morgan fingerprint density at radius 2 is 1.84 bits per heavy atom. The van der Waals surface area contributed by atoms with Crippen LogP contribution in [0.3, 0.4) is 0 Å². The molecule has 1 rings (SSSR count). The van der Waals surface area contributed by atoms with E-state index in [9.17, 15) is 4.79 Å². The summed E-state index contributed by atoms with van der Waals surface area (Å²) in [6, 6.07) is 0. The maximum Gasteiger partial charge on any atom is 0.311 e. The van der Waals surface area contributed by atoms with E-state index < -0.39 is 0 Å². The third kappa shape index (κ3) is 9.05. The number of carbonyl (C=O) groups is 1. The topological polar surface area (TPSA) is 44.1 Å². The normalized spacial score (nSPS) is 13.1. The van der Waals surface area contributed by atoms with E-state index in [1.807, 2.05) is 24.1 Å². The van der Waals surface area contributed by atoms with Gasteiger partial charge >= 0.3 is 5.97 Å². The van der Waals surface area contributed by atoms with Crippen molar-refractivity contribution in [3.8, 4) is 0 Å². The lowest BCUT2D eigenvalue weighted by molar-refractivity contribution is -0.889. The van der Waals surface area contributed by atoms with Gasteiger partial charge in [0.25, 0.3) is 0 Å². The molecule has 0 N–H and O–H groups in total. The number of hydrogen-bond donors (Lipinski definition) is 0. The molecule has 1 aromatic rings. The lowest BCUT2D eigenvalue weighted by atomic mass is 9.77. The van der Waals surface area contributed by atoms with Gasteiger partial charge in [-0.3, -0.25) is 4.79 Å². The minimum atomic E-state index is -0.0892. The maximum absolute atomic E-state index is 12.1. The molecule has 0 bridgehead atoms. The van der Waals surface area contributed by atoms with Gasteiger partial charge in [0.1, 0.15) is 0 Å². The van der Waals surface area contributed by atoms with Gasteiger partial charge in [0.2, 0.25) is 0 Å². The number of quaternary nitrogens is 1. The van der Waals surface area contributed by atoms with E-state index in [0.717, 1.165) is 30.4 Å². The molecule has 0 saturated carbocycles. The standard InChI is InChI=1S/C20H38N3O2/c1-19(2,3)14-20(4,5)15-25-18(24)10-12-23(7,8)11-9-17-13-21-16-22(17)6/h13,16H,9-12,14-15H2,1-8H3/q+1. The fourth-order valence-corrected chi connectivity index (χ4v) is 3.38. The Balaban J connectivity index is 2.35. The number of hydrogen-bond acceptors (Lipinski definition) is 3. The zero-order chi connectivity index (χ0) is 19.3. The van der Waals surface area contributed by atoms with Crippen molar-refractivity contribution in [3.05, 3.63) is 18.2 Å². The Bertz CT molecular complexity index is 554. The molecule has 5 nitrogen and oxygen atoms in total. The Labute approximate surface area is 154 Å². The van der Waals surface area contributed by atoms with Crippen molar-refractivity contribution in [3.63, 3.8) is 0 Å². The van der Waals surface area contributed by atoms with Gasteiger partial charge in [0.15, 0.2) is 0 Å². The summed E-state index contributed by atoms with van der Waals surface area (Å²) in [5, 5.41) is 0. The summed E-state index contributed by atoms with van der Waals surface area (Å²) in [4.78, 5) is 16.3. The van der Waals surface area contributed by atoms with Crippen molar-refractivity contribution in [2.75, 3.05) is 33.8 Å². The number of ether oxygens (including phenoxy) is 1. The molecule has 0 atom stereocenters. The van der Waals surface area contributed by atoms with Crippen molar-refractivity contribution in [1.82, 2.24) is 9.55 Å². The number of aromatic nitrogens is 2. The van der Waals surface area contributed by atoms with Crippen LogP contribution < -0.4 is 0 Å². The summed E-state index contributed by atoms with van der Waals surface area (Å²) in [7, 11) is 6.33. The first-order valence-electron chi connectivity index (χ1n) is 9.23. The van der Waals surface area contributed by atoms with Gasteiger partial charge in [-0.2, -0.15) is 0 Å². The fourth-order valence-electron chi connectivity index (χ4n) is 3.38. The fraction of sp³-hybridized carbons (Fsp3) is 0.800. The number of esters is 1. The lowest BCUT2D eigenvalue weighted by Gasteiger charge is -2.32. The highest BCUT2D eigenvalue weighted by Crippen LogP contribution is 2.33. The van der Waals surface area contributed by atoms with Gasteiger partial charge < -0.3 is 13.8 Å². The van der Waals surface area contributed by atoms with Crippen molar-refractivity contribution in [2.24, 2.45) is 17.9 Å². The monoisotopic (exact) mass is 352 g/mol. The van der Waals surface area contributed by atoms with E-state index in [-0.39, 0.29) is 16.8 Å². The summed E-state index contributed by atoms with van der Waals surface area (Å²) >= 11 is 0. The molecule has 25 heavy (non-hydrogen) atoms. The second-order valence-electron chi connectivity index (χ2n) is 9.94. The van der Waals surface area contributed by atoms with Crippen LogP contribution >= 0.6 is 0 Å². The van der Waals surface area contributed by atoms with E-state index in [0.29, 0.717) is 13.0 Å². The first kappa shape index (κ1) is 21.7. The van der Waals surface area contributed by atoms with Gasteiger partial charge in [-0.05, 0) is 17.3 Å². The van der Waals surface area contributed by atoms with E-state index in [2.05, 4.69) is 53.7 Å². The smallest absolute Gasteiger partial charge is 0.311 e. The first-order valence-corrected chi connectivity index (χ1v) is 9.23. The number of imidazole rings is 1. The summed E-state index contributed by atoms with van der Waals surface area (Å²) in [5.41, 5.74) is 1.47. The van der Waals surface area contributed by atoms with Gasteiger partial charge in [0, 0.05) is 25.4 Å². The molecule has 0 aliphatic carbocycles. The van der Waals surface area contributed by atoms with Gasteiger partial charge in [-0.1, -0.05) is 34.6 Å². The van der Waals surface area contributed by atoms with Crippen LogP contribution in [-0.4, -0.2) is 53.8 Å². The molecule has 0 aliphatic heterocycles. The minimum absolute atomic E-state index is 0.0117. The second-order valence-corrected chi connectivity index (χ2v) is 9.94. The molecule has 1 heterocycles. The number of rotatable bonds is 9. The second kappa shape index (κ2) is 8.35. The van der Waals surface area contributed by atoms with Crippen LogP contribution in [0.4, 0.5) is 0 Å². The van der Waals surface area contributed by atoms with Gasteiger partial charge in [-0.25, -0.2) is 4.98 Å². The summed E-state index contributed by atoms with van der Waals surface area (Å²) in [6.45, 7) is 13.2. The molecule has 0 amide bonds. The summed E-state index contributed by atoms with van der Waals surface area (Å²) in [6.07, 6.45) is 6.18. The maximum atomic E-state index is 12.1. The first-order chi connectivity index (χ1) is 11.3. The molecule has 0 radical (unpaired) electrons. The number of carbonyl (C=O) groups excluding carboxylic acids is 1. The third-order valence-electron chi connectivity index (χ3n) is 4.44. The molecule has 1 aromatic heterocycles. The summed E-state index contributed by atoms with van der Waals surface area (Å²) in [5.74, 6) is -0.0892. The highest BCUT2D eigenvalue weighted by atomic mass is 16.5. The molecule has 0 spiro atoms. The van der Waals surface area contributed by atoms with Gasteiger partial charge in [-0.15, -0.1) is 0 Å². The SMILES string of the molecule is Cn1cncc1CC[N+](C)(C)CCC(=O)OCC(C)(C)CC(C)(C)C. The van der Waals surface area contributed by atoms with Crippen molar-refractivity contribution in [2.45, 2.75) is 53.9 Å². The number of likely N-dealkylation sites (N-methyl/N-ethyl adjacent to an activating group) is 1. The third-order valence-corrected chi connectivity index (χ3v) is 4.44. The molecule has 0 aliphatic rings. The predicted octanol–water partition coefficient (Wildman–Crippen LogP) is 3.43. The quantitative estimate of drug-likeness (QED) is 0.505. The number of nitrogens with zero attached hydrogens (tertiary/aromatic N) is 3. The highest BCUT2D eigenvalue weighted by Gasteiger charge is 2.27. The van der Waals surface area contributed by atoms with Gasteiger partial charge in [0.05, 0.1) is 46.5 Å². The minimum Gasteiger partial charge on any atom is -0.465 e. The average molecular weight is 353 g/mol. The zero-order valence-corrected chi connectivity index (χ0v) is 17.6. The van der Waals surface area contributed by atoms with Crippen molar-refractivity contribution >= 4 is 5.97 Å². The molecular formula is C20H38N3O2+. The molecular weight excluding hydrogens is 314 g/mol. The highest BCUT2D eigenvalue weighted by molar-refractivity contribution is 5.69. The van der Waals surface area contributed by atoms with Crippen LogP contribution in [0, 0.1) is 10.8 Å². The Morgan fingerprint density at radius 1 is 1.20 bits per heavy atom. The predicted molar refractivity (Wildman–Crippen MR) is 102 cm³/mol. The van der Waals surface area contributed by atoms with E-state index in [1.54, 1.807) is 0 Å². The van der Waals surface area contributed by atoms with Crippen LogP contribution in [0.2, 0.25) is 0 Å². The van der Waals surface area contributed by atoms with E-state index >= 15 is 0 Å². The lowest BCUT2D eigenvalue weighted by Crippen LogP contribution is -2.43. The van der Waals surface area contributed by atoms with Crippen LogP contribution in [-0.2, 0) is 23.0 Å². The van der Waals surface area contributed by atoms with Crippen LogP contribution in [0.25, 0.3) is 0 Å². The average Bonchev–Trinajstić information content (AvgIpc) is 2.84. The number of aryl methyl sites for hydroxylation is 1. The molecule has 0 fully saturated rings. The zero-order valence-electron chi connectivity index (χ0n) is 17.6. The molecule has 0 saturated heterocycles. The molecule has 144 valence electrons. The molecule has 0 aromatic carbocycles. The van der Waals surface area contributed by atoms with Crippen molar-refractivity contribution < 1.29 is 14.0 Å².